The molecule has 1 saturated heterocycles. The summed E-state index contributed by atoms with van der Waals surface area (Å²) in [5.74, 6) is -0.195. The number of cyclic esters (lactones) is 1. The molecule has 15 heavy (non-hydrogen) atoms. The molecular formula is C11H14O4. The topological polar surface area (TPSA) is 52.6 Å². The van der Waals surface area contributed by atoms with E-state index in [1.54, 1.807) is 6.92 Å². The van der Waals surface area contributed by atoms with Crippen molar-refractivity contribution in [3.8, 4) is 0 Å². The van der Waals surface area contributed by atoms with Gasteiger partial charge in [-0.2, -0.15) is 0 Å². The van der Waals surface area contributed by atoms with Crippen LogP contribution in [0.5, 0.6) is 0 Å². The van der Waals surface area contributed by atoms with Crippen molar-refractivity contribution in [1.82, 2.24) is 0 Å². The highest BCUT2D eigenvalue weighted by Crippen LogP contribution is 2.47. The van der Waals surface area contributed by atoms with Crippen molar-refractivity contribution in [3.63, 3.8) is 0 Å². The molecule has 0 radical (unpaired) electrons. The number of ether oxygens (including phenoxy) is 2. The Morgan fingerprint density at radius 1 is 1.47 bits per heavy atom. The molecule has 1 aliphatic heterocycles. The number of esters is 1. The highest BCUT2D eigenvalue weighted by molar-refractivity contribution is 6.00. The Morgan fingerprint density at radius 2 is 2.13 bits per heavy atom. The third-order valence-electron chi connectivity index (χ3n) is 3.38. The van der Waals surface area contributed by atoms with Gasteiger partial charge in [0, 0.05) is 19.1 Å². The van der Waals surface area contributed by atoms with Crippen LogP contribution in [0.25, 0.3) is 0 Å². The molecule has 0 aromatic carbocycles. The van der Waals surface area contributed by atoms with Crippen molar-refractivity contribution >= 4 is 11.8 Å². The lowest BCUT2D eigenvalue weighted by Crippen LogP contribution is -2.31. The molecule has 0 saturated carbocycles. The van der Waals surface area contributed by atoms with E-state index in [-0.39, 0.29) is 11.8 Å². The Bertz CT molecular complexity index is 369. The van der Waals surface area contributed by atoms with E-state index < -0.39 is 11.7 Å². The smallest absolute Gasteiger partial charge is 0.318 e. The molecule has 0 spiro atoms. The lowest BCUT2D eigenvalue weighted by atomic mass is 9.72. The normalized spacial score (nSPS) is 35.5. The minimum absolute atomic E-state index is 0.0859. The number of carbonyl (C=O) groups excluding carboxylic acids is 2. The third kappa shape index (κ3) is 1.24. The number of ketones is 1. The average Bonchev–Trinajstić information content (AvgIpc) is 2.47. The van der Waals surface area contributed by atoms with Crippen LogP contribution in [0.1, 0.15) is 26.7 Å². The van der Waals surface area contributed by atoms with Crippen LogP contribution < -0.4 is 0 Å². The molecule has 4 heteroatoms. The zero-order chi connectivity index (χ0) is 11.2. The third-order valence-corrected chi connectivity index (χ3v) is 3.38. The Hall–Kier alpha value is -1.16. The molecule has 2 atom stereocenters. The van der Waals surface area contributed by atoms with Crippen molar-refractivity contribution < 1.29 is 19.1 Å². The summed E-state index contributed by atoms with van der Waals surface area (Å²) in [6.45, 7) is 3.56. The van der Waals surface area contributed by atoms with Gasteiger partial charge in [-0.25, -0.2) is 0 Å². The van der Waals surface area contributed by atoms with E-state index in [0.29, 0.717) is 24.0 Å². The molecule has 1 heterocycles. The molecule has 82 valence electrons. The fourth-order valence-corrected chi connectivity index (χ4v) is 2.35. The summed E-state index contributed by atoms with van der Waals surface area (Å²) in [6, 6.07) is 0. The first-order chi connectivity index (χ1) is 7.00. The van der Waals surface area contributed by atoms with Gasteiger partial charge in [-0.3, -0.25) is 9.59 Å². The van der Waals surface area contributed by atoms with Crippen molar-refractivity contribution in [3.05, 3.63) is 11.1 Å². The number of fused-ring (bicyclic) bond motifs is 1. The number of hydrogen-bond acceptors (Lipinski definition) is 4. The molecule has 2 rings (SSSR count). The minimum Gasteiger partial charge on any atom is -0.431 e. The average molecular weight is 210 g/mol. The van der Waals surface area contributed by atoms with Gasteiger partial charge >= 0.3 is 5.97 Å². The second-order valence-corrected chi connectivity index (χ2v) is 4.27. The van der Waals surface area contributed by atoms with Crippen molar-refractivity contribution in [2.75, 3.05) is 7.11 Å². The van der Waals surface area contributed by atoms with Crippen LogP contribution in [0.2, 0.25) is 0 Å². The molecule has 0 N–H and O–H groups in total. The van der Waals surface area contributed by atoms with Gasteiger partial charge in [0.15, 0.2) is 5.78 Å². The van der Waals surface area contributed by atoms with E-state index in [1.807, 2.05) is 6.92 Å². The van der Waals surface area contributed by atoms with Crippen LogP contribution in [0, 0.1) is 5.41 Å². The fourth-order valence-electron chi connectivity index (χ4n) is 2.35. The number of carbonyl (C=O) groups is 2. The first-order valence-electron chi connectivity index (χ1n) is 4.99. The predicted octanol–water partition coefficient (Wildman–Crippen LogP) is 1.20. The number of allylic oxidation sites excluding steroid dienone is 1. The maximum absolute atomic E-state index is 11.7. The van der Waals surface area contributed by atoms with Crippen molar-refractivity contribution in [2.24, 2.45) is 5.41 Å². The van der Waals surface area contributed by atoms with Crippen molar-refractivity contribution in [1.29, 1.82) is 0 Å². The second-order valence-electron chi connectivity index (χ2n) is 4.27. The lowest BCUT2D eigenvalue weighted by molar-refractivity contribution is -0.160. The summed E-state index contributed by atoms with van der Waals surface area (Å²) in [7, 11) is 1.48. The summed E-state index contributed by atoms with van der Waals surface area (Å²) in [6.07, 6.45) is 0.265. The predicted molar refractivity (Wildman–Crippen MR) is 51.9 cm³/mol. The monoisotopic (exact) mass is 210 g/mol. The Balaban J connectivity index is 2.55. The standard InChI is InChI=1S/C11H14O4/c1-6-7(12)4-5-11(2)8(6)9(14-3)15-10(11)13/h9H,4-5H2,1-3H3/t9-,11+/m0/s1. The summed E-state index contributed by atoms with van der Waals surface area (Å²) in [4.78, 5) is 23.3. The van der Waals surface area contributed by atoms with E-state index >= 15 is 0 Å². The van der Waals surface area contributed by atoms with Crippen LogP contribution in [0.15, 0.2) is 11.1 Å². The molecule has 0 aromatic rings. The van der Waals surface area contributed by atoms with Gasteiger partial charge in [-0.1, -0.05) is 0 Å². The van der Waals surface area contributed by atoms with Gasteiger partial charge in [-0.15, -0.1) is 0 Å². The summed E-state index contributed by atoms with van der Waals surface area (Å²) in [5, 5.41) is 0. The van der Waals surface area contributed by atoms with Crippen molar-refractivity contribution in [2.45, 2.75) is 33.0 Å². The zero-order valence-corrected chi connectivity index (χ0v) is 9.12. The molecule has 1 fully saturated rings. The fraction of sp³-hybridized carbons (Fsp3) is 0.636. The van der Waals surface area contributed by atoms with Crippen LogP contribution in [0.4, 0.5) is 0 Å². The van der Waals surface area contributed by atoms with Gasteiger partial charge in [0.25, 0.3) is 0 Å². The van der Waals surface area contributed by atoms with E-state index in [1.165, 1.54) is 7.11 Å². The molecule has 0 amide bonds. The maximum Gasteiger partial charge on any atom is 0.318 e. The van der Waals surface area contributed by atoms with E-state index in [9.17, 15) is 9.59 Å². The Morgan fingerprint density at radius 3 is 2.73 bits per heavy atom. The molecule has 4 nitrogen and oxygen atoms in total. The summed E-state index contributed by atoms with van der Waals surface area (Å²) >= 11 is 0. The highest BCUT2D eigenvalue weighted by atomic mass is 16.7. The van der Waals surface area contributed by atoms with Gasteiger partial charge in [-0.05, 0) is 25.8 Å². The van der Waals surface area contributed by atoms with E-state index in [0.717, 1.165) is 0 Å². The SMILES string of the molecule is CO[C@H]1OC(=O)[C@]2(C)CCC(=O)C(C)=C12. The van der Waals surface area contributed by atoms with E-state index in [2.05, 4.69) is 0 Å². The number of rotatable bonds is 1. The summed E-state index contributed by atoms with van der Waals surface area (Å²) in [5.41, 5.74) is 0.686. The van der Waals surface area contributed by atoms with Gasteiger partial charge in [0.2, 0.25) is 6.29 Å². The molecule has 0 bridgehead atoms. The Kier molecular flexibility index (Phi) is 2.19. The molecule has 2 aliphatic rings. The second kappa shape index (κ2) is 3.17. The van der Waals surface area contributed by atoms with Gasteiger partial charge in [0.05, 0.1) is 5.41 Å². The lowest BCUT2D eigenvalue weighted by Gasteiger charge is -2.27. The molecule has 0 aromatic heterocycles. The van der Waals surface area contributed by atoms with Gasteiger partial charge < -0.3 is 9.47 Å². The number of hydrogen-bond donors (Lipinski definition) is 0. The Labute approximate surface area is 88.2 Å². The summed E-state index contributed by atoms with van der Waals surface area (Å²) < 4.78 is 10.2. The zero-order valence-electron chi connectivity index (χ0n) is 9.12. The van der Waals surface area contributed by atoms with E-state index in [4.69, 9.17) is 9.47 Å². The van der Waals surface area contributed by atoms with Crippen LogP contribution >= 0.6 is 0 Å². The molecule has 0 unspecified atom stereocenters. The van der Waals surface area contributed by atoms with Crippen LogP contribution in [0.3, 0.4) is 0 Å². The molecular weight excluding hydrogens is 196 g/mol. The van der Waals surface area contributed by atoms with Crippen LogP contribution in [-0.4, -0.2) is 25.2 Å². The minimum atomic E-state index is -0.674. The molecule has 1 aliphatic carbocycles. The number of Topliss-reactive ketones (excluding diaryl/α,β-unsaturated/α-hetero) is 1. The largest absolute Gasteiger partial charge is 0.431 e. The van der Waals surface area contributed by atoms with Crippen LogP contribution in [-0.2, 0) is 19.1 Å². The maximum atomic E-state index is 11.7. The quantitative estimate of drug-likeness (QED) is 0.610. The number of methoxy groups -OCH3 is 1. The van der Waals surface area contributed by atoms with Gasteiger partial charge in [0.1, 0.15) is 0 Å². The first-order valence-corrected chi connectivity index (χ1v) is 4.99. The first kappa shape index (κ1) is 10.4. The highest BCUT2D eigenvalue weighted by Gasteiger charge is 2.53.